The van der Waals surface area contributed by atoms with Crippen molar-refractivity contribution in [3.8, 4) is 17.4 Å². The normalized spacial score (nSPS) is 10.2. The number of rotatable bonds is 6. The van der Waals surface area contributed by atoms with E-state index >= 15 is 0 Å². The van der Waals surface area contributed by atoms with Gasteiger partial charge in [-0.2, -0.15) is 0 Å². The van der Waals surface area contributed by atoms with Gasteiger partial charge < -0.3 is 14.2 Å². The smallest absolute Gasteiger partial charge is 0.213 e. The molecule has 2 aromatic rings. The van der Waals surface area contributed by atoms with Gasteiger partial charge in [-0.05, 0) is 23.8 Å². The van der Waals surface area contributed by atoms with Gasteiger partial charge in [0.05, 0.1) is 19.9 Å². The molecule has 0 aliphatic rings. The first-order valence-electron chi connectivity index (χ1n) is 6.12. The highest BCUT2D eigenvalue weighted by Crippen LogP contribution is 2.29. The van der Waals surface area contributed by atoms with Crippen molar-refractivity contribution in [3.05, 3.63) is 47.7 Å². The van der Waals surface area contributed by atoms with Crippen LogP contribution in [-0.4, -0.2) is 19.2 Å². The van der Waals surface area contributed by atoms with Gasteiger partial charge in [-0.3, -0.25) is 0 Å². The van der Waals surface area contributed by atoms with Crippen molar-refractivity contribution in [3.63, 3.8) is 0 Å². The summed E-state index contributed by atoms with van der Waals surface area (Å²) < 4.78 is 16.2. The number of aromatic nitrogens is 1. The van der Waals surface area contributed by atoms with Gasteiger partial charge in [-0.15, -0.1) is 0 Å². The Labute approximate surface area is 126 Å². The fraction of sp³-hybridized carbons (Fsp3) is 0.267. The molecule has 0 aliphatic heterocycles. The van der Waals surface area contributed by atoms with Crippen molar-refractivity contribution in [2.45, 2.75) is 11.9 Å². The van der Waals surface area contributed by atoms with Gasteiger partial charge in [-0.1, -0.05) is 28.1 Å². The third-order valence-corrected chi connectivity index (χ3v) is 3.40. The Morgan fingerprint density at radius 1 is 1.05 bits per heavy atom. The van der Waals surface area contributed by atoms with Gasteiger partial charge in [0, 0.05) is 11.4 Å². The molecule has 2 rings (SSSR count). The minimum atomic E-state index is 0.362. The first-order valence-corrected chi connectivity index (χ1v) is 7.24. The highest BCUT2D eigenvalue weighted by atomic mass is 79.9. The standard InChI is InChI=1S/C15H16BrNO3/c1-18-14-8-11(9-16)6-7-13(14)20-10-12-4-3-5-15(17-12)19-2/h3-8H,9-10H2,1-2H3. The fourth-order valence-corrected chi connectivity index (χ4v) is 2.07. The number of ether oxygens (including phenoxy) is 3. The Hall–Kier alpha value is -1.75. The molecule has 0 amide bonds. The molecule has 20 heavy (non-hydrogen) atoms. The van der Waals surface area contributed by atoms with Crippen LogP contribution in [0.4, 0.5) is 0 Å². The molecule has 0 N–H and O–H groups in total. The Kier molecular flexibility index (Phi) is 5.24. The molecule has 0 radical (unpaired) electrons. The maximum absolute atomic E-state index is 5.75. The number of halogens is 1. The van der Waals surface area contributed by atoms with Crippen molar-refractivity contribution < 1.29 is 14.2 Å². The molecule has 0 unspecified atom stereocenters. The lowest BCUT2D eigenvalue weighted by Crippen LogP contribution is -2.01. The van der Waals surface area contributed by atoms with Crippen molar-refractivity contribution in [1.29, 1.82) is 0 Å². The van der Waals surface area contributed by atoms with E-state index in [1.165, 1.54) is 0 Å². The monoisotopic (exact) mass is 337 g/mol. The molecule has 1 aromatic heterocycles. The summed E-state index contributed by atoms with van der Waals surface area (Å²) in [6.07, 6.45) is 0. The zero-order valence-electron chi connectivity index (χ0n) is 11.4. The average Bonchev–Trinajstić information content (AvgIpc) is 2.52. The van der Waals surface area contributed by atoms with E-state index in [0.717, 1.165) is 16.6 Å². The van der Waals surface area contributed by atoms with Crippen molar-refractivity contribution >= 4 is 15.9 Å². The second-order valence-corrected chi connectivity index (χ2v) is 4.64. The molecule has 1 heterocycles. The zero-order valence-corrected chi connectivity index (χ0v) is 13.0. The van der Waals surface area contributed by atoms with Crippen LogP contribution in [0.2, 0.25) is 0 Å². The molecule has 0 atom stereocenters. The van der Waals surface area contributed by atoms with Gasteiger partial charge in [0.25, 0.3) is 0 Å². The fourth-order valence-electron chi connectivity index (χ4n) is 1.72. The minimum absolute atomic E-state index is 0.362. The van der Waals surface area contributed by atoms with E-state index in [-0.39, 0.29) is 0 Å². The molecule has 0 spiro atoms. The summed E-state index contributed by atoms with van der Waals surface area (Å²) in [5, 5.41) is 0.779. The molecule has 0 saturated carbocycles. The van der Waals surface area contributed by atoms with Gasteiger partial charge in [0.2, 0.25) is 5.88 Å². The summed E-state index contributed by atoms with van der Waals surface area (Å²) in [4.78, 5) is 4.30. The molecular weight excluding hydrogens is 322 g/mol. The first-order chi connectivity index (χ1) is 9.76. The second kappa shape index (κ2) is 7.14. The van der Waals surface area contributed by atoms with Crippen LogP contribution < -0.4 is 14.2 Å². The molecule has 0 saturated heterocycles. The Morgan fingerprint density at radius 3 is 2.60 bits per heavy atom. The average molecular weight is 338 g/mol. The highest BCUT2D eigenvalue weighted by molar-refractivity contribution is 9.08. The molecule has 106 valence electrons. The first kappa shape index (κ1) is 14.7. The van der Waals surface area contributed by atoms with Gasteiger partial charge in [0.1, 0.15) is 6.61 Å². The van der Waals surface area contributed by atoms with Crippen LogP contribution in [0.15, 0.2) is 36.4 Å². The molecule has 4 nitrogen and oxygen atoms in total. The van der Waals surface area contributed by atoms with Crippen LogP contribution in [0.1, 0.15) is 11.3 Å². The van der Waals surface area contributed by atoms with Gasteiger partial charge in [0.15, 0.2) is 11.5 Å². The van der Waals surface area contributed by atoms with Crippen LogP contribution in [0.5, 0.6) is 17.4 Å². The lowest BCUT2D eigenvalue weighted by Gasteiger charge is -2.11. The quantitative estimate of drug-likeness (QED) is 0.755. The van der Waals surface area contributed by atoms with Gasteiger partial charge >= 0.3 is 0 Å². The Bertz CT molecular complexity index is 575. The highest BCUT2D eigenvalue weighted by Gasteiger charge is 2.06. The molecular formula is C15H16BrNO3. The van der Waals surface area contributed by atoms with E-state index in [1.807, 2.05) is 30.3 Å². The van der Waals surface area contributed by atoms with E-state index in [1.54, 1.807) is 20.3 Å². The lowest BCUT2D eigenvalue weighted by atomic mass is 10.2. The maximum atomic E-state index is 5.75. The van der Waals surface area contributed by atoms with Crippen molar-refractivity contribution in [2.75, 3.05) is 14.2 Å². The summed E-state index contributed by atoms with van der Waals surface area (Å²) in [7, 11) is 3.22. The largest absolute Gasteiger partial charge is 0.493 e. The summed E-state index contributed by atoms with van der Waals surface area (Å²) in [6.45, 7) is 0.362. The number of nitrogens with zero attached hydrogens (tertiary/aromatic N) is 1. The topological polar surface area (TPSA) is 40.6 Å². The number of hydrogen-bond acceptors (Lipinski definition) is 4. The van der Waals surface area contributed by atoms with Crippen LogP contribution in [0, 0.1) is 0 Å². The molecule has 0 bridgehead atoms. The second-order valence-electron chi connectivity index (χ2n) is 4.08. The lowest BCUT2D eigenvalue weighted by molar-refractivity contribution is 0.278. The SMILES string of the molecule is COc1cccc(COc2ccc(CBr)cc2OC)n1. The number of hydrogen-bond donors (Lipinski definition) is 0. The van der Waals surface area contributed by atoms with Crippen LogP contribution in [0.3, 0.4) is 0 Å². The third kappa shape index (κ3) is 3.63. The maximum Gasteiger partial charge on any atom is 0.213 e. The molecule has 5 heteroatoms. The number of alkyl halides is 1. The number of methoxy groups -OCH3 is 2. The van der Waals surface area contributed by atoms with Gasteiger partial charge in [-0.25, -0.2) is 4.98 Å². The number of pyridine rings is 1. The van der Waals surface area contributed by atoms with Crippen LogP contribution in [0.25, 0.3) is 0 Å². The summed E-state index contributed by atoms with van der Waals surface area (Å²) in [5.41, 5.74) is 1.93. The minimum Gasteiger partial charge on any atom is -0.493 e. The Balaban J connectivity index is 2.10. The van der Waals surface area contributed by atoms with E-state index in [0.29, 0.717) is 24.0 Å². The van der Waals surface area contributed by atoms with E-state index < -0.39 is 0 Å². The van der Waals surface area contributed by atoms with E-state index in [2.05, 4.69) is 20.9 Å². The molecule has 0 aliphatic carbocycles. The van der Waals surface area contributed by atoms with E-state index in [4.69, 9.17) is 14.2 Å². The summed E-state index contributed by atoms with van der Waals surface area (Å²) in [6, 6.07) is 11.4. The van der Waals surface area contributed by atoms with Crippen molar-refractivity contribution in [2.24, 2.45) is 0 Å². The molecule has 1 aromatic carbocycles. The third-order valence-electron chi connectivity index (χ3n) is 2.75. The number of benzene rings is 1. The Morgan fingerprint density at radius 2 is 1.90 bits per heavy atom. The zero-order chi connectivity index (χ0) is 14.4. The predicted molar refractivity (Wildman–Crippen MR) is 80.7 cm³/mol. The van der Waals surface area contributed by atoms with Crippen molar-refractivity contribution in [1.82, 2.24) is 4.98 Å². The summed E-state index contributed by atoms with van der Waals surface area (Å²) in [5.74, 6) is 1.99. The van der Waals surface area contributed by atoms with Crippen LogP contribution >= 0.6 is 15.9 Å². The predicted octanol–water partition coefficient (Wildman–Crippen LogP) is 3.57. The van der Waals surface area contributed by atoms with E-state index in [9.17, 15) is 0 Å². The molecule has 0 fully saturated rings. The summed E-state index contributed by atoms with van der Waals surface area (Å²) >= 11 is 3.42. The van der Waals surface area contributed by atoms with Crippen LogP contribution in [-0.2, 0) is 11.9 Å².